The van der Waals surface area contributed by atoms with Crippen LogP contribution in [0.1, 0.15) is 6.92 Å². The van der Waals surface area contributed by atoms with E-state index in [9.17, 15) is 4.79 Å². The van der Waals surface area contributed by atoms with Crippen LogP contribution in [0.5, 0.6) is 5.75 Å². The largest absolute Gasteiger partial charge is 0.492 e. The van der Waals surface area contributed by atoms with Crippen molar-refractivity contribution in [2.75, 3.05) is 27.2 Å². The van der Waals surface area contributed by atoms with Gasteiger partial charge in [0.2, 0.25) is 5.91 Å². The Kier molecular flexibility index (Phi) is 6.15. The molecule has 5 heteroatoms. The normalized spacial score (nSPS) is 12.0. The maximum absolute atomic E-state index is 11.8. The molecule has 1 unspecified atom stereocenters. The predicted octanol–water partition coefficient (Wildman–Crippen LogP) is 1.89. The van der Waals surface area contributed by atoms with Gasteiger partial charge in [0.25, 0.3) is 0 Å². The standard InChI is InChI=1S/C13H19BrN2O2/c1-10(15-2)13(17)16(3)8-9-18-12-6-4-11(14)5-7-12/h4-7,10,15H,8-9H2,1-3H3. The Bertz CT molecular complexity index is 381. The molecule has 1 aromatic carbocycles. The molecule has 1 aromatic rings. The summed E-state index contributed by atoms with van der Waals surface area (Å²) in [7, 11) is 3.55. The van der Waals surface area contributed by atoms with E-state index in [1.165, 1.54) is 0 Å². The summed E-state index contributed by atoms with van der Waals surface area (Å²) in [5, 5.41) is 2.92. The first-order valence-corrected chi connectivity index (χ1v) is 6.64. The van der Waals surface area contributed by atoms with Crippen molar-refractivity contribution in [1.82, 2.24) is 10.2 Å². The van der Waals surface area contributed by atoms with Gasteiger partial charge in [-0.3, -0.25) is 4.79 Å². The topological polar surface area (TPSA) is 41.6 Å². The van der Waals surface area contributed by atoms with Gasteiger partial charge >= 0.3 is 0 Å². The van der Waals surface area contributed by atoms with Crippen LogP contribution in [0.25, 0.3) is 0 Å². The molecule has 0 saturated heterocycles. The van der Waals surface area contributed by atoms with Crippen molar-refractivity contribution >= 4 is 21.8 Å². The van der Waals surface area contributed by atoms with Crippen LogP contribution in [0.4, 0.5) is 0 Å². The first-order chi connectivity index (χ1) is 8.54. The van der Waals surface area contributed by atoms with Gasteiger partial charge < -0.3 is 15.0 Å². The summed E-state index contributed by atoms with van der Waals surface area (Å²) < 4.78 is 6.58. The van der Waals surface area contributed by atoms with Crippen LogP contribution in [0, 0.1) is 0 Å². The highest BCUT2D eigenvalue weighted by Crippen LogP contribution is 2.15. The number of amides is 1. The number of hydrogen-bond donors (Lipinski definition) is 1. The molecular weight excluding hydrogens is 296 g/mol. The van der Waals surface area contributed by atoms with Crippen LogP contribution in [-0.4, -0.2) is 44.1 Å². The molecule has 1 rings (SSSR count). The molecule has 0 aliphatic carbocycles. The smallest absolute Gasteiger partial charge is 0.239 e. The number of carbonyl (C=O) groups excluding carboxylic acids is 1. The zero-order valence-corrected chi connectivity index (χ0v) is 12.5. The van der Waals surface area contributed by atoms with Gasteiger partial charge in [-0.15, -0.1) is 0 Å². The average Bonchev–Trinajstić information content (AvgIpc) is 2.39. The quantitative estimate of drug-likeness (QED) is 0.872. The van der Waals surface area contributed by atoms with Crippen LogP contribution in [0.3, 0.4) is 0 Å². The second-order valence-electron chi connectivity index (χ2n) is 4.07. The summed E-state index contributed by atoms with van der Waals surface area (Å²) in [6, 6.07) is 7.47. The SMILES string of the molecule is CNC(C)C(=O)N(C)CCOc1ccc(Br)cc1. The van der Waals surface area contributed by atoms with E-state index in [-0.39, 0.29) is 11.9 Å². The molecule has 0 aromatic heterocycles. The van der Waals surface area contributed by atoms with Gasteiger partial charge in [-0.2, -0.15) is 0 Å². The lowest BCUT2D eigenvalue weighted by Crippen LogP contribution is -2.43. The molecule has 0 aliphatic rings. The monoisotopic (exact) mass is 314 g/mol. The lowest BCUT2D eigenvalue weighted by molar-refractivity contribution is -0.131. The van der Waals surface area contributed by atoms with Crippen LogP contribution in [0.2, 0.25) is 0 Å². The minimum Gasteiger partial charge on any atom is -0.492 e. The van der Waals surface area contributed by atoms with E-state index in [1.807, 2.05) is 31.2 Å². The number of nitrogens with one attached hydrogen (secondary N) is 1. The van der Waals surface area contributed by atoms with Crippen molar-refractivity contribution in [3.8, 4) is 5.75 Å². The third kappa shape index (κ3) is 4.66. The lowest BCUT2D eigenvalue weighted by atomic mass is 10.3. The zero-order valence-electron chi connectivity index (χ0n) is 10.9. The fourth-order valence-electron chi connectivity index (χ4n) is 1.40. The van der Waals surface area contributed by atoms with Gasteiger partial charge in [0.1, 0.15) is 12.4 Å². The van der Waals surface area contributed by atoms with E-state index in [0.717, 1.165) is 10.2 Å². The number of likely N-dealkylation sites (N-methyl/N-ethyl adjacent to an activating group) is 2. The molecule has 1 N–H and O–H groups in total. The van der Waals surface area contributed by atoms with Crippen molar-refractivity contribution in [3.63, 3.8) is 0 Å². The van der Waals surface area contributed by atoms with E-state index in [0.29, 0.717) is 13.2 Å². The molecular formula is C13H19BrN2O2. The van der Waals surface area contributed by atoms with E-state index in [4.69, 9.17) is 4.74 Å². The number of hydrogen-bond acceptors (Lipinski definition) is 3. The number of benzene rings is 1. The highest BCUT2D eigenvalue weighted by molar-refractivity contribution is 9.10. The summed E-state index contributed by atoms with van der Waals surface area (Å²) in [5.41, 5.74) is 0. The molecule has 0 heterocycles. The van der Waals surface area contributed by atoms with E-state index < -0.39 is 0 Å². The average molecular weight is 315 g/mol. The third-order valence-electron chi connectivity index (χ3n) is 2.69. The van der Waals surface area contributed by atoms with E-state index >= 15 is 0 Å². The molecule has 4 nitrogen and oxygen atoms in total. The van der Waals surface area contributed by atoms with Gasteiger partial charge in [0.15, 0.2) is 0 Å². The molecule has 1 atom stereocenters. The van der Waals surface area contributed by atoms with Gasteiger partial charge in [-0.05, 0) is 38.2 Å². The molecule has 18 heavy (non-hydrogen) atoms. The van der Waals surface area contributed by atoms with Gasteiger partial charge in [0.05, 0.1) is 12.6 Å². The number of ether oxygens (including phenoxy) is 1. The van der Waals surface area contributed by atoms with Gasteiger partial charge in [0, 0.05) is 11.5 Å². The Hall–Kier alpha value is -1.07. The molecule has 0 bridgehead atoms. The van der Waals surface area contributed by atoms with Crippen molar-refractivity contribution in [1.29, 1.82) is 0 Å². The Balaban J connectivity index is 2.33. The van der Waals surface area contributed by atoms with Crippen molar-refractivity contribution in [3.05, 3.63) is 28.7 Å². The fourth-order valence-corrected chi connectivity index (χ4v) is 1.66. The van der Waals surface area contributed by atoms with Gasteiger partial charge in [-0.1, -0.05) is 15.9 Å². The van der Waals surface area contributed by atoms with Crippen LogP contribution < -0.4 is 10.1 Å². The molecule has 0 fully saturated rings. The third-order valence-corrected chi connectivity index (χ3v) is 3.22. The fraction of sp³-hybridized carbons (Fsp3) is 0.462. The molecule has 0 radical (unpaired) electrons. The molecule has 0 spiro atoms. The van der Waals surface area contributed by atoms with Gasteiger partial charge in [-0.25, -0.2) is 0 Å². The molecule has 1 amide bonds. The minimum absolute atomic E-state index is 0.0666. The second kappa shape index (κ2) is 7.38. The maximum Gasteiger partial charge on any atom is 0.239 e. The maximum atomic E-state index is 11.8. The molecule has 100 valence electrons. The predicted molar refractivity (Wildman–Crippen MR) is 75.8 cm³/mol. The molecule has 0 aliphatic heterocycles. The summed E-state index contributed by atoms with van der Waals surface area (Å²) in [5.74, 6) is 0.873. The Labute approximate surface area is 116 Å². The number of halogens is 1. The summed E-state index contributed by atoms with van der Waals surface area (Å²) in [4.78, 5) is 13.4. The van der Waals surface area contributed by atoms with Crippen LogP contribution in [0.15, 0.2) is 28.7 Å². The zero-order chi connectivity index (χ0) is 13.5. The van der Waals surface area contributed by atoms with E-state index in [1.54, 1.807) is 19.0 Å². The Morgan fingerprint density at radius 1 is 1.44 bits per heavy atom. The number of rotatable bonds is 6. The highest BCUT2D eigenvalue weighted by Gasteiger charge is 2.14. The summed E-state index contributed by atoms with van der Waals surface area (Å²) in [6.07, 6.45) is 0. The number of carbonyl (C=O) groups is 1. The Morgan fingerprint density at radius 2 is 2.06 bits per heavy atom. The highest BCUT2D eigenvalue weighted by atomic mass is 79.9. The Morgan fingerprint density at radius 3 is 2.61 bits per heavy atom. The second-order valence-corrected chi connectivity index (χ2v) is 4.99. The van der Waals surface area contributed by atoms with Crippen molar-refractivity contribution in [2.45, 2.75) is 13.0 Å². The summed E-state index contributed by atoms with van der Waals surface area (Å²) >= 11 is 3.36. The first kappa shape index (κ1) is 15.0. The summed E-state index contributed by atoms with van der Waals surface area (Å²) in [6.45, 7) is 2.90. The van der Waals surface area contributed by atoms with Crippen LogP contribution in [-0.2, 0) is 4.79 Å². The lowest BCUT2D eigenvalue weighted by Gasteiger charge is -2.21. The van der Waals surface area contributed by atoms with Crippen LogP contribution >= 0.6 is 15.9 Å². The first-order valence-electron chi connectivity index (χ1n) is 5.85. The van der Waals surface area contributed by atoms with E-state index in [2.05, 4.69) is 21.2 Å². The minimum atomic E-state index is -0.164. The van der Waals surface area contributed by atoms with Crippen molar-refractivity contribution < 1.29 is 9.53 Å². The van der Waals surface area contributed by atoms with Crippen molar-refractivity contribution in [2.24, 2.45) is 0 Å². The number of nitrogens with zero attached hydrogens (tertiary/aromatic N) is 1. The molecule has 0 saturated carbocycles.